The van der Waals surface area contributed by atoms with Gasteiger partial charge in [-0.1, -0.05) is 0 Å². The van der Waals surface area contributed by atoms with Crippen molar-refractivity contribution in [3.8, 4) is 0 Å². The molecule has 0 bridgehead atoms. The minimum atomic E-state index is -2.09. The summed E-state index contributed by atoms with van der Waals surface area (Å²) in [6.07, 6.45) is -25.9. The highest BCUT2D eigenvalue weighted by Gasteiger charge is 2.52. The van der Waals surface area contributed by atoms with E-state index in [1.54, 1.807) is 0 Å². The van der Waals surface area contributed by atoms with Crippen LogP contribution in [-0.4, -0.2) is 168 Å². The van der Waals surface area contributed by atoms with E-state index >= 15 is 0 Å². The summed E-state index contributed by atoms with van der Waals surface area (Å²) in [4.78, 5) is 11.1. The van der Waals surface area contributed by atoms with Crippen LogP contribution in [0.3, 0.4) is 0 Å². The lowest BCUT2D eigenvalue weighted by Crippen LogP contribution is -2.65. The first-order valence-electron chi connectivity index (χ1n) is 10.4. The van der Waals surface area contributed by atoms with Gasteiger partial charge in [0.1, 0.15) is 73.2 Å². The average molecular weight is 504 g/mol. The van der Waals surface area contributed by atoms with Crippen LogP contribution in [0.15, 0.2) is 0 Å². The van der Waals surface area contributed by atoms with Crippen molar-refractivity contribution >= 4 is 6.29 Å². The summed E-state index contributed by atoms with van der Waals surface area (Å²) in [5.74, 6) is 0. The van der Waals surface area contributed by atoms with Crippen LogP contribution in [-0.2, 0) is 23.7 Å². The molecule has 0 aromatic rings. The predicted molar refractivity (Wildman–Crippen MR) is 102 cm³/mol. The van der Waals surface area contributed by atoms with E-state index in [0.717, 1.165) is 0 Å². The average Bonchev–Trinajstić information content (AvgIpc) is 2.84. The van der Waals surface area contributed by atoms with Crippen LogP contribution in [0.2, 0.25) is 0 Å². The van der Waals surface area contributed by atoms with Crippen molar-refractivity contribution in [1.82, 2.24) is 0 Å². The number of carbonyl (C=O) groups is 1. The zero-order chi connectivity index (χ0) is 25.7. The lowest BCUT2D eigenvalue weighted by atomic mass is 9.97. The third-order valence-corrected chi connectivity index (χ3v) is 5.65. The Bertz CT molecular complexity index is 623. The van der Waals surface area contributed by atoms with Crippen LogP contribution in [0.25, 0.3) is 0 Å². The molecule has 0 amide bonds. The van der Waals surface area contributed by atoms with Crippen LogP contribution in [0.1, 0.15) is 0 Å². The number of aliphatic hydroxyl groups excluding tert-OH is 11. The van der Waals surface area contributed by atoms with Crippen molar-refractivity contribution in [1.29, 1.82) is 0 Å². The third-order valence-electron chi connectivity index (χ3n) is 5.65. The highest BCUT2D eigenvalue weighted by molar-refractivity contribution is 5.56. The van der Waals surface area contributed by atoms with Gasteiger partial charge in [-0.3, -0.25) is 0 Å². The third kappa shape index (κ3) is 6.25. The molecule has 2 heterocycles. The van der Waals surface area contributed by atoms with Gasteiger partial charge in [0, 0.05) is 0 Å². The van der Waals surface area contributed by atoms with Crippen LogP contribution in [0.5, 0.6) is 0 Å². The highest BCUT2D eigenvalue weighted by Crippen LogP contribution is 2.31. The Kier molecular flexibility index (Phi) is 11.1. The van der Waals surface area contributed by atoms with Crippen LogP contribution in [0, 0.1) is 0 Å². The highest BCUT2D eigenvalue weighted by atomic mass is 16.8. The van der Waals surface area contributed by atoms with Gasteiger partial charge in [-0.05, 0) is 0 Å². The van der Waals surface area contributed by atoms with Crippen molar-refractivity contribution in [3.63, 3.8) is 0 Å². The van der Waals surface area contributed by atoms with Crippen LogP contribution < -0.4 is 0 Å². The van der Waals surface area contributed by atoms with Crippen molar-refractivity contribution in [3.05, 3.63) is 0 Å². The fourth-order valence-corrected chi connectivity index (χ4v) is 3.57. The molecule has 2 saturated heterocycles. The second kappa shape index (κ2) is 12.9. The Balaban J connectivity index is 2.33. The summed E-state index contributed by atoms with van der Waals surface area (Å²) in [6, 6.07) is 0. The Morgan fingerprint density at radius 3 is 1.79 bits per heavy atom. The molecular weight excluding hydrogens is 472 g/mol. The molecule has 0 saturated carbocycles. The number of ether oxygens (including phenoxy) is 4. The summed E-state index contributed by atoms with van der Waals surface area (Å²) < 4.78 is 21.2. The van der Waals surface area contributed by atoms with Gasteiger partial charge in [0.25, 0.3) is 0 Å². The first kappa shape index (κ1) is 29.3. The van der Waals surface area contributed by atoms with Gasteiger partial charge in [-0.15, -0.1) is 0 Å². The Morgan fingerprint density at radius 2 is 1.29 bits per heavy atom. The second-order valence-corrected chi connectivity index (χ2v) is 7.97. The number of hydrogen-bond acceptors (Lipinski definition) is 16. The molecule has 2 aliphatic heterocycles. The largest absolute Gasteiger partial charge is 0.394 e. The lowest BCUT2D eigenvalue weighted by molar-refractivity contribution is -0.376. The molecule has 34 heavy (non-hydrogen) atoms. The molecule has 200 valence electrons. The first-order valence-corrected chi connectivity index (χ1v) is 10.4. The Morgan fingerprint density at radius 1 is 0.765 bits per heavy atom. The fraction of sp³-hybridized carbons (Fsp3) is 0.944. The number of hydrogen-bond donors (Lipinski definition) is 11. The molecule has 2 aliphatic rings. The molecule has 2 rings (SSSR count). The quantitative estimate of drug-likeness (QED) is 0.117. The van der Waals surface area contributed by atoms with Crippen molar-refractivity contribution in [2.24, 2.45) is 0 Å². The molecule has 0 aliphatic carbocycles. The second-order valence-electron chi connectivity index (χ2n) is 7.97. The molecule has 2 fully saturated rings. The Hall–Kier alpha value is -0.930. The van der Waals surface area contributed by atoms with Crippen molar-refractivity contribution in [2.45, 2.75) is 85.8 Å². The van der Waals surface area contributed by atoms with Gasteiger partial charge < -0.3 is 79.9 Å². The molecule has 0 aromatic heterocycles. The van der Waals surface area contributed by atoms with E-state index in [9.17, 15) is 55.9 Å². The van der Waals surface area contributed by atoms with E-state index in [2.05, 4.69) is 0 Å². The smallest absolute Gasteiger partial charge is 0.187 e. The van der Waals surface area contributed by atoms with Crippen molar-refractivity contribution in [2.75, 3.05) is 19.8 Å². The predicted octanol–water partition coefficient (Wildman–Crippen LogP) is -7.73. The van der Waals surface area contributed by atoms with E-state index < -0.39 is 106 Å². The first-order chi connectivity index (χ1) is 16.0. The summed E-state index contributed by atoms with van der Waals surface area (Å²) in [6.45, 7) is -2.65. The molecule has 16 nitrogen and oxygen atoms in total. The zero-order valence-electron chi connectivity index (χ0n) is 17.7. The zero-order valence-corrected chi connectivity index (χ0v) is 17.7. The standard InChI is InChI=1S/C18H32O16/c19-1-5(23)9(25)15(6(24)2-20)33-18-16(13(29)11(27)8(4-22)32-18)34-17-14(30)12(28)10(26)7(3-21)31-17/h2,5-19,21-30H,1,3-4H2/t5-,6+,7-,8-,9+,10-,11-,12+,13+,14+,15-,16+,17-,18-/m1/s1. The monoisotopic (exact) mass is 504 g/mol. The maximum atomic E-state index is 11.1. The normalized spacial score (nSPS) is 42.6. The van der Waals surface area contributed by atoms with E-state index in [1.165, 1.54) is 0 Å². The lowest BCUT2D eigenvalue weighted by Gasteiger charge is -2.46. The minimum Gasteiger partial charge on any atom is -0.394 e. The maximum absolute atomic E-state index is 11.1. The molecule has 0 aromatic carbocycles. The molecule has 14 atom stereocenters. The van der Waals surface area contributed by atoms with E-state index in [1.807, 2.05) is 0 Å². The summed E-state index contributed by atoms with van der Waals surface area (Å²) in [5, 5.41) is 108. The summed E-state index contributed by atoms with van der Waals surface area (Å²) in [5.41, 5.74) is 0. The molecule has 11 N–H and O–H groups in total. The molecule has 16 heteroatoms. The van der Waals surface area contributed by atoms with Gasteiger partial charge in [-0.2, -0.15) is 0 Å². The van der Waals surface area contributed by atoms with E-state index in [0.29, 0.717) is 0 Å². The SMILES string of the molecule is O=C[C@H](O)[C@@H](O[C@H]1O[C@H](CO)[C@@H](O)[C@H](O)[C@@H]1O[C@H]1O[C@H](CO)[C@@H](O)[C@H](O)[C@@H]1O)[C@@H](O)[C@H](O)CO. The number of aliphatic hydroxyl groups is 11. The van der Waals surface area contributed by atoms with Crippen molar-refractivity contribution < 1.29 is 79.9 Å². The Labute approximate surface area is 192 Å². The fourth-order valence-electron chi connectivity index (χ4n) is 3.57. The summed E-state index contributed by atoms with van der Waals surface area (Å²) >= 11 is 0. The molecule has 0 spiro atoms. The van der Waals surface area contributed by atoms with Crippen LogP contribution >= 0.6 is 0 Å². The number of rotatable bonds is 11. The van der Waals surface area contributed by atoms with Gasteiger partial charge in [-0.25, -0.2) is 0 Å². The molecular formula is C18H32O16. The van der Waals surface area contributed by atoms with Gasteiger partial charge in [0.05, 0.1) is 19.8 Å². The topological polar surface area (TPSA) is 277 Å². The molecule has 0 radical (unpaired) electrons. The molecule has 0 unspecified atom stereocenters. The van der Waals surface area contributed by atoms with Gasteiger partial charge >= 0.3 is 0 Å². The maximum Gasteiger partial charge on any atom is 0.187 e. The van der Waals surface area contributed by atoms with Crippen LogP contribution in [0.4, 0.5) is 0 Å². The van der Waals surface area contributed by atoms with E-state index in [4.69, 9.17) is 24.1 Å². The number of carbonyl (C=O) groups excluding carboxylic acids is 1. The minimum absolute atomic E-state index is 0.0664. The van der Waals surface area contributed by atoms with Gasteiger partial charge in [0.2, 0.25) is 0 Å². The van der Waals surface area contributed by atoms with E-state index in [-0.39, 0.29) is 6.29 Å². The summed E-state index contributed by atoms with van der Waals surface area (Å²) in [7, 11) is 0. The number of aldehydes is 1. The van der Waals surface area contributed by atoms with Gasteiger partial charge in [0.15, 0.2) is 18.9 Å².